The van der Waals surface area contributed by atoms with Crippen molar-refractivity contribution in [3.05, 3.63) is 109 Å². The molecule has 30 heavy (non-hydrogen) atoms. The van der Waals surface area contributed by atoms with Gasteiger partial charge in [0.05, 0.1) is 0 Å². The molecule has 0 bridgehead atoms. The Morgan fingerprint density at radius 2 is 0.600 bits per heavy atom. The fourth-order valence-electron chi connectivity index (χ4n) is 5.23. The van der Waals surface area contributed by atoms with E-state index in [1.165, 1.54) is 64.6 Å². The number of hydrogen-bond donors (Lipinski definition) is 0. The summed E-state index contributed by atoms with van der Waals surface area (Å²) in [5, 5.41) is 15.8. The van der Waals surface area contributed by atoms with Gasteiger partial charge in [0.2, 0.25) is 0 Å². The maximum atomic E-state index is 2.33. The van der Waals surface area contributed by atoms with Crippen LogP contribution >= 0.6 is 0 Å². The van der Waals surface area contributed by atoms with Gasteiger partial charge in [-0.15, -0.1) is 0 Å². The molecule has 0 aliphatic rings. The van der Waals surface area contributed by atoms with Crippen molar-refractivity contribution in [1.82, 2.24) is 0 Å². The number of fused-ring (bicyclic) bond motifs is 11. The maximum absolute atomic E-state index is 2.33. The molecule has 0 spiro atoms. The lowest BCUT2D eigenvalue weighted by molar-refractivity contribution is 1.78. The number of hydrogen-bond acceptors (Lipinski definition) is 0. The quantitative estimate of drug-likeness (QED) is 0.232. The van der Waals surface area contributed by atoms with E-state index in [0.29, 0.717) is 0 Å². The lowest BCUT2D eigenvalue weighted by Gasteiger charge is -2.13. The van der Waals surface area contributed by atoms with Crippen LogP contribution in [0.3, 0.4) is 0 Å². The number of benzene rings is 7. The fourth-order valence-corrected chi connectivity index (χ4v) is 5.23. The Bertz CT molecular complexity index is 1650. The van der Waals surface area contributed by atoms with Crippen molar-refractivity contribution >= 4 is 64.6 Å². The highest BCUT2D eigenvalue weighted by Gasteiger charge is 2.11. The molecule has 0 nitrogen and oxygen atoms in total. The van der Waals surface area contributed by atoms with Gasteiger partial charge in [-0.2, -0.15) is 0 Å². The largest absolute Gasteiger partial charge is 0.0616 e. The van der Waals surface area contributed by atoms with E-state index >= 15 is 0 Å². The summed E-state index contributed by atoms with van der Waals surface area (Å²) in [4.78, 5) is 0. The van der Waals surface area contributed by atoms with Gasteiger partial charge in [-0.05, 0) is 64.6 Å². The molecule has 0 amide bonds. The van der Waals surface area contributed by atoms with Gasteiger partial charge in [-0.3, -0.25) is 0 Å². The highest BCUT2D eigenvalue weighted by molar-refractivity contribution is 6.29. The summed E-state index contributed by atoms with van der Waals surface area (Å²) in [7, 11) is 0. The van der Waals surface area contributed by atoms with Gasteiger partial charge in [0, 0.05) is 0 Å². The van der Waals surface area contributed by atoms with Crippen LogP contribution in [0.25, 0.3) is 64.6 Å². The molecular formula is C30H18. The molecule has 7 aromatic carbocycles. The first kappa shape index (κ1) is 16.0. The third-order valence-corrected chi connectivity index (χ3v) is 6.61. The first-order valence-electron chi connectivity index (χ1n) is 10.5. The van der Waals surface area contributed by atoms with Gasteiger partial charge in [-0.1, -0.05) is 109 Å². The van der Waals surface area contributed by atoms with Gasteiger partial charge in [0.1, 0.15) is 0 Å². The maximum Gasteiger partial charge on any atom is -0.00266 e. The molecule has 7 rings (SSSR count). The van der Waals surface area contributed by atoms with Gasteiger partial charge in [0.15, 0.2) is 0 Å². The zero-order chi connectivity index (χ0) is 19.7. The Morgan fingerprint density at radius 1 is 0.233 bits per heavy atom. The lowest BCUT2D eigenvalue weighted by Crippen LogP contribution is -1.85. The van der Waals surface area contributed by atoms with E-state index in [4.69, 9.17) is 0 Å². The second-order valence-electron chi connectivity index (χ2n) is 8.16. The molecule has 0 saturated heterocycles. The molecular weight excluding hydrogens is 360 g/mol. The van der Waals surface area contributed by atoms with Gasteiger partial charge in [-0.25, -0.2) is 0 Å². The SMILES string of the molecule is c1ccc2c(c1)ccc1ccc3c4ccc5ccc6ccccc6c5c4ccc3c12. The topological polar surface area (TPSA) is 0 Å². The third kappa shape index (κ3) is 2.06. The molecule has 138 valence electrons. The zero-order valence-corrected chi connectivity index (χ0v) is 16.4. The van der Waals surface area contributed by atoms with Crippen LogP contribution in [-0.2, 0) is 0 Å². The molecule has 0 aliphatic carbocycles. The highest BCUT2D eigenvalue weighted by Crippen LogP contribution is 2.39. The Hall–Kier alpha value is -3.90. The van der Waals surface area contributed by atoms with Crippen LogP contribution in [0.5, 0.6) is 0 Å². The van der Waals surface area contributed by atoms with Crippen molar-refractivity contribution in [3.63, 3.8) is 0 Å². The molecule has 0 heteroatoms. The summed E-state index contributed by atoms with van der Waals surface area (Å²) in [6.07, 6.45) is 0. The van der Waals surface area contributed by atoms with E-state index in [2.05, 4.69) is 109 Å². The fraction of sp³-hybridized carbons (Fsp3) is 0. The Morgan fingerprint density at radius 3 is 1.10 bits per heavy atom. The summed E-state index contributed by atoms with van der Waals surface area (Å²) in [5.41, 5.74) is 0. The summed E-state index contributed by atoms with van der Waals surface area (Å²) < 4.78 is 0. The standard InChI is InChI=1S/C30H18/c1-3-7-23-19(5-1)9-11-21-13-15-25-26-16-14-22-12-10-20-6-2-4-8-24(20)30(22)28(26)18-17-27(25)29(21)23/h1-18H. The van der Waals surface area contributed by atoms with Gasteiger partial charge in [0.25, 0.3) is 0 Å². The second kappa shape index (κ2) is 5.81. The lowest BCUT2D eigenvalue weighted by atomic mass is 9.91. The van der Waals surface area contributed by atoms with Crippen molar-refractivity contribution in [3.8, 4) is 0 Å². The van der Waals surface area contributed by atoms with Crippen LogP contribution in [0.1, 0.15) is 0 Å². The minimum absolute atomic E-state index is 1.29. The zero-order valence-electron chi connectivity index (χ0n) is 16.4. The minimum atomic E-state index is 1.29. The van der Waals surface area contributed by atoms with Gasteiger partial charge >= 0.3 is 0 Å². The first-order chi connectivity index (χ1) is 14.9. The van der Waals surface area contributed by atoms with Crippen molar-refractivity contribution in [2.45, 2.75) is 0 Å². The third-order valence-electron chi connectivity index (χ3n) is 6.61. The minimum Gasteiger partial charge on any atom is -0.0616 e. The molecule has 0 saturated carbocycles. The van der Waals surface area contributed by atoms with Crippen LogP contribution in [0.15, 0.2) is 109 Å². The Balaban J connectivity index is 1.73. The smallest absolute Gasteiger partial charge is 0.00266 e. The molecule has 0 fully saturated rings. The van der Waals surface area contributed by atoms with Crippen LogP contribution in [-0.4, -0.2) is 0 Å². The van der Waals surface area contributed by atoms with Crippen LogP contribution in [0.4, 0.5) is 0 Å². The predicted molar refractivity (Wildman–Crippen MR) is 131 cm³/mol. The molecule has 0 radical (unpaired) electrons. The second-order valence-corrected chi connectivity index (χ2v) is 8.16. The van der Waals surface area contributed by atoms with E-state index in [0.717, 1.165) is 0 Å². The summed E-state index contributed by atoms with van der Waals surface area (Å²) in [5.74, 6) is 0. The van der Waals surface area contributed by atoms with Crippen LogP contribution < -0.4 is 0 Å². The van der Waals surface area contributed by atoms with Crippen LogP contribution in [0, 0.1) is 0 Å². The molecule has 0 atom stereocenters. The van der Waals surface area contributed by atoms with Crippen LogP contribution in [0.2, 0.25) is 0 Å². The molecule has 0 heterocycles. The van der Waals surface area contributed by atoms with Crippen molar-refractivity contribution in [2.75, 3.05) is 0 Å². The highest BCUT2D eigenvalue weighted by atomic mass is 14.1. The average Bonchev–Trinajstić information content (AvgIpc) is 2.82. The molecule has 7 aromatic rings. The Kier molecular flexibility index (Phi) is 3.09. The Labute approximate surface area is 174 Å². The van der Waals surface area contributed by atoms with E-state index in [1.807, 2.05) is 0 Å². The normalized spacial score (nSPS) is 12.0. The summed E-state index contributed by atoms with van der Waals surface area (Å²) >= 11 is 0. The monoisotopic (exact) mass is 378 g/mol. The summed E-state index contributed by atoms with van der Waals surface area (Å²) in [6.45, 7) is 0. The molecule has 0 aliphatic heterocycles. The average molecular weight is 378 g/mol. The van der Waals surface area contributed by atoms with Crippen molar-refractivity contribution < 1.29 is 0 Å². The number of rotatable bonds is 0. The molecule has 0 aromatic heterocycles. The van der Waals surface area contributed by atoms with Gasteiger partial charge < -0.3 is 0 Å². The van der Waals surface area contributed by atoms with E-state index in [-0.39, 0.29) is 0 Å². The molecule has 0 unspecified atom stereocenters. The first-order valence-corrected chi connectivity index (χ1v) is 10.5. The summed E-state index contributed by atoms with van der Waals surface area (Å²) in [6, 6.07) is 40.2. The van der Waals surface area contributed by atoms with Crippen molar-refractivity contribution in [1.29, 1.82) is 0 Å². The van der Waals surface area contributed by atoms with E-state index in [1.54, 1.807) is 0 Å². The molecule has 0 N–H and O–H groups in total. The van der Waals surface area contributed by atoms with Crippen molar-refractivity contribution in [2.24, 2.45) is 0 Å². The van der Waals surface area contributed by atoms with E-state index < -0.39 is 0 Å². The van der Waals surface area contributed by atoms with E-state index in [9.17, 15) is 0 Å². The predicted octanol–water partition coefficient (Wildman–Crippen LogP) is 8.61.